The van der Waals surface area contributed by atoms with Crippen molar-refractivity contribution in [1.29, 1.82) is 0 Å². The van der Waals surface area contributed by atoms with Crippen LogP contribution in [0.2, 0.25) is 0 Å². The number of hydrogen-bond donors (Lipinski definition) is 2. The lowest BCUT2D eigenvalue weighted by Gasteiger charge is -2.35. The number of carbonyl (C=O) groups is 1. The number of rotatable bonds is 4. The lowest BCUT2D eigenvalue weighted by Crippen LogP contribution is -2.52. The van der Waals surface area contributed by atoms with Crippen LogP contribution in [0.4, 0.5) is 0 Å². The molecule has 1 saturated heterocycles. The SMILES string of the molecule is Cc1ccc(CCC(=O)NC2(C)CCNCC2)cc1. The minimum absolute atomic E-state index is 0.0182. The lowest BCUT2D eigenvalue weighted by atomic mass is 9.90. The van der Waals surface area contributed by atoms with Crippen molar-refractivity contribution in [1.82, 2.24) is 10.6 Å². The van der Waals surface area contributed by atoms with E-state index in [1.807, 2.05) is 0 Å². The molecule has 0 radical (unpaired) electrons. The first kappa shape index (κ1) is 14.1. The van der Waals surface area contributed by atoms with Crippen molar-refractivity contribution < 1.29 is 4.79 Å². The van der Waals surface area contributed by atoms with Gasteiger partial charge < -0.3 is 10.6 Å². The molecule has 0 aliphatic carbocycles. The molecule has 1 aliphatic heterocycles. The number of amides is 1. The van der Waals surface area contributed by atoms with Gasteiger partial charge >= 0.3 is 0 Å². The predicted octanol–water partition coefficient (Wildman–Crippen LogP) is 2.19. The number of carbonyl (C=O) groups excluding carboxylic acids is 1. The maximum absolute atomic E-state index is 12.0. The van der Waals surface area contributed by atoms with E-state index in [1.165, 1.54) is 11.1 Å². The summed E-state index contributed by atoms with van der Waals surface area (Å²) in [5.74, 6) is 0.171. The smallest absolute Gasteiger partial charge is 0.220 e. The molecule has 1 aliphatic rings. The summed E-state index contributed by atoms with van der Waals surface area (Å²) < 4.78 is 0. The third kappa shape index (κ3) is 4.35. The highest BCUT2D eigenvalue weighted by Crippen LogP contribution is 2.17. The van der Waals surface area contributed by atoms with E-state index >= 15 is 0 Å². The number of hydrogen-bond acceptors (Lipinski definition) is 2. The van der Waals surface area contributed by atoms with Gasteiger partial charge in [0.05, 0.1) is 0 Å². The summed E-state index contributed by atoms with van der Waals surface area (Å²) in [6.07, 6.45) is 3.43. The second kappa shape index (κ2) is 6.20. The van der Waals surface area contributed by atoms with E-state index in [-0.39, 0.29) is 11.4 Å². The van der Waals surface area contributed by atoms with Crippen LogP contribution in [-0.4, -0.2) is 24.5 Å². The minimum Gasteiger partial charge on any atom is -0.351 e. The minimum atomic E-state index is -0.0182. The molecule has 104 valence electrons. The van der Waals surface area contributed by atoms with Gasteiger partial charge in [-0.15, -0.1) is 0 Å². The summed E-state index contributed by atoms with van der Waals surface area (Å²) in [5, 5.41) is 6.52. The third-order valence-electron chi connectivity index (χ3n) is 3.91. The molecule has 3 nitrogen and oxygen atoms in total. The topological polar surface area (TPSA) is 41.1 Å². The monoisotopic (exact) mass is 260 g/mol. The van der Waals surface area contributed by atoms with Crippen molar-refractivity contribution in [2.24, 2.45) is 0 Å². The largest absolute Gasteiger partial charge is 0.351 e. The van der Waals surface area contributed by atoms with Crippen LogP contribution in [-0.2, 0) is 11.2 Å². The number of piperidine rings is 1. The molecule has 0 saturated carbocycles. The Bertz CT molecular complexity index is 419. The molecule has 0 bridgehead atoms. The molecular weight excluding hydrogens is 236 g/mol. The van der Waals surface area contributed by atoms with E-state index in [9.17, 15) is 4.79 Å². The maximum atomic E-state index is 12.0. The van der Waals surface area contributed by atoms with E-state index in [4.69, 9.17) is 0 Å². The number of nitrogens with one attached hydrogen (secondary N) is 2. The Balaban J connectivity index is 1.79. The van der Waals surface area contributed by atoms with Gasteiger partial charge in [0.25, 0.3) is 0 Å². The molecule has 1 heterocycles. The third-order valence-corrected chi connectivity index (χ3v) is 3.91. The summed E-state index contributed by atoms with van der Waals surface area (Å²) in [7, 11) is 0. The summed E-state index contributed by atoms with van der Waals surface area (Å²) in [5.41, 5.74) is 2.47. The predicted molar refractivity (Wildman–Crippen MR) is 78.2 cm³/mol. The standard InChI is InChI=1S/C16H24N2O/c1-13-3-5-14(6-4-13)7-8-15(19)18-16(2)9-11-17-12-10-16/h3-6,17H,7-12H2,1-2H3,(H,18,19). The van der Waals surface area contributed by atoms with E-state index in [2.05, 4.69) is 48.7 Å². The Hall–Kier alpha value is -1.35. The van der Waals surface area contributed by atoms with Crippen molar-refractivity contribution >= 4 is 5.91 Å². The molecule has 3 heteroatoms. The van der Waals surface area contributed by atoms with Crippen LogP contribution in [0, 0.1) is 6.92 Å². The van der Waals surface area contributed by atoms with Crippen molar-refractivity contribution in [3.05, 3.63) is 35.4 Å². The first-order valence-corrected chi connectivity index (χ1v) is 7.15. The molecular formula is C16H24N2O. The van der Waals surface area contributed by atoms with Gasteiger partial charge in [-0.05, 0) is 51.8 Å². The summed E-state index contributed by atoms with van der Waals surface area (Å²) in [4.78, 5) is 12.0. The van der Waals surface area contributed by atoms with Gasteiger partial charge in [-0.25, -0.2) is 0 Å². The van der Waals surface area contributed by atoms with Gasteiger partial charge in [0.2, 0.25) is 5.91 Å². The zero-order chi connectivity index (χ0) is 13.7. The second-order valence-electron chi connectivity index (χ2n) is 5.84. The Morgan fingerprint density at radius 2 is 1.89 bits per heavy atom. The highest BCUT2D eigenvalue weighted by Gasteiger charge is 2.27. The molecule has 1 fully saturated rings. The molecule has 0 unspecified atom stereocenters. The molecule has 0 atom stereocenters. The molecule has 2 rings (SSSR count). The summed E-state index contributed by atoms with van der Waals surface area (Å²) in [6.45, 7) is 6.22. The summed E-state index contributed by atoms with van der Waals surface area (Å²) in [6, 6.07) is 8.41. The Morgan fingerprint density at radius 1 is 1.26 bits per heavy atom. The lowest BCUT2D eigenvalue weighted by molar-refractivity contribution is -0.123. The highest BCUT2D eigenvalue weighted by atomic mass is 16.1. The normalized spacial score (nSPS) is 18.0. The van der Waals surface area contributed by atoms with Gasteiger partial charge in [-0.3, -0.25) is 4.79 Å². The van der Waals surface area contributed by atoms with Crippen LogP contribution in [0.5, 0.6) is 0 Å². The molecule has 2 N–H and O–H groups in total. The average molecular weight is 260 g/mol. The van der Waals surface area contributed by atoms with Crippen molar-refractivity contribution in [2.75, 3.05) is 13.1 Å². The van der Waals surface area contributed by atoms with E-state index in [1.54, 1.807) is 0 Å². The summed E-state index contributed by atoms with van der Waals surface area (Å²) >= 11 is 0. The number of benzene rings is 1. The van der Waals surface area contributed by atoms with Crippen molar-refractivity contribution in [3.8, 4) is 0 Å². The first-order valence-electron chi connectivity index (χ1n) is 7.15. The number of aryl methyl sites for hydroxylation is 2. The molecule has 1 amide bonds. The van der Waals surface area contributed by atoms with Gasteiger partial charge in [0.1, 0.15) is 0 Å². The van der Waals surface area contributed by atoms with E-state index in [0.717, 1.165) is 32.4 Å². The Labute approximate surface area is 115 Å². The fraction of sp³-hybridized carbons (Fsp3) is 0.562. The molecule has 0 aromatic heterocycles. The zero-order valence-corrected chi connectivity index (χ0v) is 12.0. The van der Waals surface area contributed by atoms with Crippen LogP contribution in [0.3, 0.4) is 0 Å². The Morgan fingerprint density at radius 3 is 2.53 bits per heavy atom. The second-order valence-corrected chi connectivity index (χ2v) is 5.84. The highest BCUT2D eigenvalue weighted by molar-refractivity contribution is 5.77. The van der Waals surface area contributed by atoms with Gasteiger partial charge in [-0.2, -0.15) is 0 Å². The van der Waals surface area contributed by atoms with Crippen LogP contribution in [0.25, 0.3) is 0 Å². The van der Waals surface area contributed by atoms with Gasteiger partial charge in [0, 0.05) is 12.0 Å². The van der Waals surface area contributed by atoms with Crippen molar-refractivity contribution in [3.63, 3.8) is 0 Å². The van der Waals surface area contributed by atoms with Crippen LogP contribution in [0.15, 0.2) is 24.3 Å². The Kier molecular flexibility index (Phi) is 4.59. The molecule has 1 aromatic rings. The van der Waals surface area contributed by atoms with Crippen molar-refractivity contribution in [2.45, 2.75) is 45.1 Å². The van der Waals surface area contributed by atoms with Crippen LogP contribution in [0.1, 0.15) is 37.3 Å². The fourth-order valence-corrected chi connectivity index (χ4v) is 2.52. The fourth-order valence-electron chi connectivity index (χ4n) is 2.52. The molecule has 1 aromatic carbocycles. The molecule has 19 heavy (non-hydrogen) atoms. The van der Waals surface area contributed by atoms with Crippen LogP contribution >= 0.6 is 0 Å². The van der Waals surface area contributed by atoms with E-state index in [0.29, 0.717) is 6.42 Å². The van der Waals surface area contributed by atoms with Gasteiger partial charge in [0.15, 0.2) is 0 Å². The molecule has 0 spiro atoms. The van der Waals surface area contributed by atoms with Gasteiger partial charge in [-0.1, -0.05) is 29.8 Å². The van der Waals surface area contributed by atoms with Crippen LogP contribution < -0.4 is 10.6 Å². The maximum Gasteiger partial charge on any atom is 0.220 e. The average Bonchev–Trinajstić information content (AvgIpc) is 2.38. The first-order chi connectivity index (χ1) is 9.07. The quantitative estimate of drug-likeness (QED) is 0.871. The van der Waals surface area contributed by atoms with E-state index < -0.39 is 0 Å². The zero-order valence-electron chi connectivity index (χ0n) is 12.0.